The van der Waals surface area contributed by atoms with E-state index in [0.717, 1.165) is 51.4 Å². The van der Waals surface area contributed by atoms with E-state index < -0.39 is 0 Å². The second-order valence-electron chi connectivity index (χ2n) is 7.61. The summed E-state index contributed by atoms with van der Waals surface area (Å²) >= 11 is 0. The molecule has 1 amide bonds. The highest BCUT2D eigenvalue weighted by atomic mass is 35.5. The second kappa shape index (κ2) is 11.7. The Morgan fingerprint density at radius 2 is 2.00 bits per heavy atom. The van der Waals surface area contributed by atoms with Gasteiger partial charge in [-0.25, -0.2) is 0 Å². The van der Waals surface area contributed by atoms with E-state index in [0.29, 0.717) is 29.9 Å². The third-order valence-corrected chi connectivity index (χ3v) is 5.68. The molecule has 2 N–H and O–H groups in total. The summed E-state index contributed by atoms with van der Waals surface area (Å²) in [4.78, 5) is 17.0. The average molecular weight is 418 g/mol. The number of piperazine rings is 1. The molecule has 7 heteroatoms. The number of aromatic hydroxyl groups is 1. The molecule has 0 saturated carbocycles. The minimum absolute atomic E-state index is 0. The quantitative estimate of drug-likeness (QED) is 0.772. The van der Waals surface area contributed by atoms with E-state index in [9.17, 15) is 9.90 Å². The van der Waals surface area contributed by atoms with Crippen molar-refractivity contribution < 1.29 is 9.90 Å². The first-order valence-electron chi connectivity index (χ1n) is 9.60. The van der Waals surface area contributed by atoms with Crippen molar-refractivity contribution in [1.29, 1.82) is 0 Å². The van der Waals surface area contributed by atoms with Gasteiger partial charge in [0, 0.05) is 39.1 Å². The van der Waals surface area contributed by atoms with Crippen LogP contribution >= 0.6 is 24.8 Å². The molecule has 154 valence electrons. The molecule has 0 spiro atoms. The number of halogens is 2. The zero-order chi connectivity index (χ0) is 17.6. The van der Waals surface area contributed by atoms with E-state index in [4.69, 9.17) is 0 Å². The first-order valence-corrected chi connectivity index (χ1v) is 9.60. The molecule has 1 aromatic rings. The number of nitrogens with one attached hydrogen (secondary N) is 1. The number of rotatable bonds is 5. The molecule has 2 saturated heterocycles. The Labute approximate surface area is 175 Å². The highest BCUT2D eigenvalue weighted by Crippen LogP contribution is 2.23. The molecule has 0 bridgehead atoms. The van der Waals surface area contributed by atoms with Gasteiger partial charge in [0.25, 0.3) is 0 Å². The molecule has 2 fully saturated rings. The molecule has 3 rings (SSSR count). The Morgan fingerprint density at radius 1 is 1.26 bits per heavy atom. The highest BCUT2D eigenvalue weighted by molar-refractivity contribution is 5.85. The SMILES string of the molecule is CC(CC(=O)N1CCN(Cc2cccc(O)c2)CC1)C1CCCNC1.Cl.Cl. The maximum absolute atomic E-state index is 12.6. The largest absolute Gasteiger partial charge is 0.508 e. The lowest BCUT2D eigenvalue weighted by Crippen LogP contribution is -2.48. The second-order valence-corrected chi connectivity index (χ2v) is 7.61. The smallest absolute Gasteiger partial charge is 0.222 e. The van der Waals surface area contributed by atoms with Crippen LogP contribution in [0.15, 0.2) is 24.3 Å². The van der Waals surface area contributed by atoms with E-state index in [1.807, 2.05) is 23.1 Å². The van der Waals surface area contributed by atoms with Gasteiger partial charge in [0.05, 0.1) is 0 Å². The molecule has 1 aromatic carbocycles. The van der Waals surface area contributed by atoms with Crippen molar-refractivity contribution in [3.05, 3.63) is 29.8 Å². The average Bonchev–Trinajstić information content (AvgIpc) is 2.63. The molecule has 0 radical (unpaired) electrons. The molecule has 2 aliphatic rings. The summed E-state index contributed by atoms with van der Waals surface area (Å²) < 4.78 is 0. The van der Waals surface area contributed by atoms with E-state index in [2.05, 4.69) is 17.1 Å². The lowest BCUT2D eigenvalue weighted by atomic mass is 9.85. The fraction of sp³-hybridized carbons (Fsp3) is 0.650. The summed E-state index contributed by atoms with van der Waals surface area (Å²) in [7, 11) is 0. The van der Waals surface area contributed by atoms with Crippen LogP contribution in [0.1, 0.15) is 31.7 Å². The number of amides is 1. The minimum Gasteiger partial charge on any atom is -0.508 e. The maximum Gasteiger partial charge on any atom is 0.222 e. The molecule has 0 aliphatic carbocycles. The molecule has 2 aliphatic heterocycles. The summed E-state index contributed by atoms with van der Waals surface area (Å²) in [5.41, 5.74) is 1.12. The number of nitrogens with zero attached hydrogens (tertiary/aromatic N) is 2. The van der Waals surface area contributed by atoms with Crippen molar-refractivity contribution in [2.75, 3.05) is 39.3 Å². The van der Waals surface area contributed by atoms with Gasteiger partial charge in [-0.1, -0.05) is 19.1 Å². The topological polar surface area (TPSA) is 55.8 Å². The van der Waals surface area contributed by atoms with Crippen molar-refractivity contribution in [3.8, 4) is 5.75 Å². The standard InChI is InChI=1S/C20H31N3O2.2ClH/c1-16(18-5-3-7-21-14-18)12-20(25)23-10-8-22(9-11-23)15-17-4-2-6-19(24)13-17;;/h2,4,6,13,16,18,21,24H,3,5,7-12,14-15H2,1H3;2*1H. The lowest BCUT2D eigenvalue weighted by Gasteiger charge is -2.36. The Kier molecular flexibility index (Phi) is 10.5. The third kappa shape index (κ3) is 7.15. The van der Waals surface area contributed by atoms with Crippen molar-refractivity contribution in [1.82, 2.24) is 15.1 Å². The number of carbonyl (C=O) groups excluding carboxylic acids is 1. The van der Waals surface area contributed by atoms with Crippen LogP contribution in [-0.2, 0) is 11.3 Å². The van der Waals surface area contributed by atoms with Crippen LogP contribution in [0.4, 0.5) is 0 Å². The summed E-state index contributed by atoms with van der Waals surface area (Å²) in [6.07, 6.45) is 3.16. The van der Waals surface area contributed by atoms with Gasteiger partial charge in [-0.2, -0.15) is 0 Å². The molecule has 0 aromatic heterocycles. The fourth-order valence-electron chi connectivity index (χ4n) is 4.00. The van der Waals surface area contributed by atoms with Crippen molar-refractivity contribution in [2.45, 2.75) is 32.7 Å². The van der Waals surface area contributed by atoms with Gasteiger partial charge in [-0.15, -0.1) is 24.8 Å². The number of carbonyl (C=O) groups is 1. The number of benzene rings is 1. The number of phenolic OH excluding ortho intramolecular Hbond substituents is 1. The highest BCUT2D eigenvalue weighted by Gasteiger charge is 2.26. The minimum atomic E-state index is 0. The van der Waals surface area contributed by atoms with Crippen molar-refractivity contribution in [3.63, 3.8) is 0 Å². The monoisotopic (exact) mass is 417 g/mol. The predicted octanol–water partition coefficient (Wildman–Crippen LogP) is 2.91. The van der Waals surface area contributed by atoms with Crippen LogP contribution in [0.25, 0.3) is 0 Å². The fourth-order valence-corrected chi connectivity index (χ4v) is 4.00. The molecule has 2 heterocycles. The normalized spacial score (nSPS) is 21.7. The van der Waals surface area contributed by atoms with Gasteiger partial charge in [0.2, 0.25) is 5.91 Å². The zero-order valence-corrected chi connectivity index (χ0v) is 17.7. The van der Waals surface area contributed by atoms with Gasteiger partial charge in [-0.05, 0) is 55.5 Å². The van der Waals surface area contributed by atoms with Gasteiger partial charge in [0.15, 0.2) is 0 Å². The van der Waals surface area contributed by atoms with Crippen molar-refractivity contribution in [2.24, 2.45) is 11.8 Å². The van der Waals surface area contributed by atoms with E-state index in [-0.39, 0.29) is 24.8 Å². The molecular weight excluding hydrogens is 385 g/mol. The molecular formula is C20H33Cl2N3O2. The van der Waals surface area contributed by atoms with Gasteiger partial charge < -0.3 is 15.3 Å². The lowest BCUT2D eigenvalue weighted by molar-refractivity contribution is -0.134. The Balaban J connectivity index is 0.00000182. The summed E-state index contributed by atoms with van der Waals surface area (Å²) in [5, 5.41) is 13.0. The summed E-state index contributed by atoms with van der Waals surface area (Å²) in [5.74, 6) is 1.74. The summed E-state index contributed by atoms with van der Waals surface area (Å²) in [6.45, 7) is 8.68. The first kappa shape index (κ1) is 24.0. The van der Waals surface area contributed by atoms with Crippen LogP contribution in [0.2, 0.25) is 0 Å². The van der Waals surface area contributed by atoms with Crippen LogP contribution < -0.4 is 5.32 Å². The number of hydrogen-bond donors (Lipinski definition) is 2. The zero-order valence-electron chi connectivity index (χ0n) is 16.1. The first-order chi connectivity index (χ1) is 12.1. The van der Waals surface area contributed by atoms with Crippen LogP contribution in [0.5, 0.6) is 5.75 Å². The number of piperidine rings is 1. The van der Waals surface area contributed by atoms with Crippen LogP contribution in [0.3, 0.4) is 0 Å². The van der Waals surface area contributed by atoms with Crippen molar-refractivity contribution >= 4 is 30.7 Å². The Morgan fingerprint density at radius 3 is 2.63 bits per heavy atom. The van der Waals surface area contributed by atoms with E-state index >= 15 is 0 Å². The van der Waals surface area contributed by atoms with E-state index in [1.165, 1.54) is 12.8 Å². The van der Waals surface area contributed by atoms with Gasteiger partial charge in [-0.3, -0.25) is 9.69 Å². The molecule has 5 nitrogen and oxygen atoms in total. The Bertz CT molecular complexity index is 574. The summed E-state index contributed by atoms with van der Waals surface area (Å²) in [6, 6.07) is 7.43. The van der Waals surface area contributed by atoms with Crippen LogP contribution in [0, 0.1) is 11.8 Å². The predicted molar refractivity (Wildman–Crippen MR) is 114 cm³/mol. The van der Waals surface area contributed by atoms with Crippen LogP contribution in [-0.4, -0.2) is 60.1 Å². The number of phenols is 1. The Hall–Kier alpha value is -1.01. The molecule has 2 atom stereocenters. The molecule has 27 heavy (non-hydrogen) atoms. The maximum atomic E-state index is 12.6. The molecule has 2 unspecified atom stereocenters. The van der Waals surface area contributed by atoms with Gasteiger partial charge >= 0.3 is 0 Å². The number of hydrogen-bond acceptors (Lipinski definition) is 4. The van der Waals surface area contributed by atoms with Gasteiger partial charge in [0.1, 0.15) is 5.75 Å². The van der Waals surface area contributed by atoms with E-state index in [1.54, 1.807) is 6.07 Å². The third-order valence-electron chi connectivity index (χ3n) is 5.68.